The van der Waals surface area contributed by atoms with Crippen molar-refractivity contribution in [1.82, 2.24) is 4.72 Å². The third kappa shape index (κ3) is 4.64. The Morgan fingerprint density at radius 2 is 1.70 bits per heavy atom. The van der Waals surface area contributed by atoms with E-state index in [0.29, 0.717) is 11.1 Å². The van der Waals surface area contributed by atoms with E-state index in [1.165, 1.54) is 0 Å². The van der Waals surface area contributed by atoms with E-state index < -0.39 is 28.1 Å². The molecule has 0 amide bonds. The molecular formula is C17H14F4N2O3S. The van der Waals surface area contributed by atoms with Crippen molar-refractivity contribution in [3.63, 3.8) is 0 Å². The van der Waals surface area contributed by atoms with Crippen LogP contribution in [0.2, 0.25) is 0 Å². The van der Waals surface area contributed by atoms with Crippen LogP contribution in [0.25, 0.3) is 0 Å². The molecule has 3 rings (SSSR count). The highest BCUT2D eigenvalue weighted by Gasteiger charge is 2.45. The highest BCUT2D eigenvalue weighted by atomic mass is 32.2. The average Bonchev–Trinajstić information content (AvgIpc) is 3.11. The summed E-state index contributed by atoms with van der Waals surface area (Å²) in [6.45, 7) is -0.0336. The summed E-state index contributed by atoms with van der Waals surface area (Å²) in [6, 6.07) is 10.6. The molecule has 0 saturated carbocycles. The minimum Gasteiger partial charge on any atom is -0.382 e. The Labute approximate surface area is 152 Å². The van der Waals surface area contributed by atoms with E-state index >= 15 is 0 Å². The number of halogens is 4. The molecule has 1 aliphatic rings. The quantitative estimate of drug-likeness (QED) is 0.780. The first-order chi connectivity index (χ1) is 12.6. The molecule has 10 heteroatoms. The Hall–Kier alpha value is -2.46. The number of rotatable bonds is 5. The molecule has 2 aromatic rings. The first-order valence-electron chi connectivity index (χ1n) is 7.79. The molecule has 1 heterocycles. The third-order valence-electron chi connectivity index (χ3n) is 3.91. The van der Waals surface area contributed by atoms with Crippen molar-refractivity contribution in [2.75, 3.05) is 0 Å². The van der Waals surface area contributed by atoms with Crippen molar-refractivity contribution >= 4 is 15.7 Å². The summed E-state index contributed by atoms with van der Waals surface area (Å²) in [6.07, 6.45) is -6.81. The minimum absolute atomic E-state index is 0.0336. The molecule has 27 heavy (non-hydrogen) atoms. The van der Waals surface area contributed by atoms with Crippen LogP contribution >= 0.6 is 0 Å². The molecule has 2 aromatic carbocycles. The zero-order valence-electron chi connectivity index (χ0n) is 13.7. The van der Waals surface area contributed by atoms with E-state index in [9.17, 15) is 26.0 Å². The van der Waals surface area contributed by atoms with Crippen LogP contribution in [0.1, 0.15) is 17.5 Å². The van der Waals surface area contributed by atoms with Crippen molar-refractivity contribution in [2.45, 2.75) is 30.1 Å². The van der Waals surface area contributed by atoms with Gasteiger partial charge in [0.1, 0.15) is 5.82 Å². The van der Waals surface area contributed by atoms with E-state index in [4.69, 9.17) is 0 Å². The largest absolute Gasteiger partial charge is 0.428 e. The molecular weight excluding hydrogens is 388 g/mol. The van der Waals surface area contributed by atoms with Gasteiger partial charge in [-0.2, -0.15) is 13.2 Å². The summed E-state index contributed by atoms with van der Waals surface area (Å²) in [4.78, 5) is 4.34. The van der Waals surface area contributed by atoms with Crippen molar-refractivity contribution in [3.8, 4) is 0 Å². The van der Waals surface area contributed by atoms with Gasteiger partial charge >= 0.3 is 6.18 Å². The molecule has 0 fully saturated rings. The maximum Gasteiger partial charge on any atom is 0.428 e. The normalized spacial score (nSPS) is 17.5. The van der Waals surface area contributed by atoms with Crippen LogP contribution in [0.4, 0.5) is 17.6 Å². The van der Waals surface area contributed by atoms with Crippen molar-refractivity contribution in [3.05, 3.63) is 65.5 Å². The van der Waals surface area contributed by atoms with Gasteiger partial charge in [0.05, 0.1) is 10.6 Å². The standard InChI is InChI=1S/C17H14F4N2O3S/c18-13-5-7-14(8-6-13)27(24,25)22-10-11-1-3-12(4-2-11)15-9-16(26-23-15)17(19,20)21/h1-8,16,22H,9-10H2. The number of hydrogen-bond donors (Lipinski definition) is 1. The fourth-order valence-corrected chi connectivity index (χ4v) is 3.43. The molecule has 5 nitrogen and oxygen atoms in total. The molecule has 0 aromatic heterocycles. The summed E-state index contributed by atoms with van der Waals surface area (Å²) in [5, 5.41) is 3.47. The molecule has 144 valence electrons. The van der Waals surface area contributed by atoms with Crippen LogP contribution < -0.4 is 4.72 Å². The third-order valence-corrected chi connectivity index (χ3v) is 5.33. The highest BCUT2D eigenvalue weighted by molar-refractivity contribution is 7.89. The summed E-state index contributed by atoms with van der Waals surface area (Å²) in [5.41, 5.74) is 1.24. The second kappa shape index (κ2) is 7.28. The van der Waals surface area contributed by atoms with Gasteiger partial charge in [-0.25, -0.2) is 17.5 Å². The Balaban J connectivity index is 1.62. The number of oxime groups is 1. The lowest BCUT2D eigenvalue weighted by Gasteiger charge is -2.11. The maximum atomic E-state index is 12.9. The number of nitrogens with zero attached hydrogens (tertiary/aromatic N) is 1. The Morgan fingerprint density at radius 3 is 2.26 bits per heavy atom. The van der Waals surface area contributed by atoms with Gasteiger partial charge in [-0.1, -0.05) is 29.4 Å². The topological polar surface area (TPSA) is 67.8 Å². The van der Waals surface area contributed by atoms with Gasteiger partial charge in [-0.3, -0.25) is 0 Å². The van der Waals surface area contributed by atoms with E-state index in [2.05, 4.69) is 14.7 Å². The number of alkyl halides is 3. The van der Waals surface area contributed by atoms with Crippen LogP contribution in [0, 0.1) is 5.82 Å². The second-order valence-corrected chi connectivity index (χ2v) is 7.62. The van der Waals surface area contributed by atoms with Gasteiger partial charge in [-0.15, -0.1) is 0 Å². The predicted octanol–water partition coefficient (Wildman–Crippen LogP) is 3.36. The molecule has 0 spiro atoms. The fraction of sp³-hybridized carbons (Fsp3) is 0.235. The second-order valence-electron chi connectivity index (χ2n) is 5.85. The molecule has 0 bridgehead atoms. The van der Waals surface area contributed by atoms with Gasteiger partial charge < -0.3 is 4.84 Å². The SMILES string of the molecule is O=S(=O)(NCc1ccc(C2=NOC(C(F)(F)F)C2)cc1)c1ccc(F)cc1. The van der Waals surface area contributed by atoms with Gasteiger partial charge in [0.25, 0.3) is 0 Å². The summed E-state index contributed by atoms with van der Waals surface area (Å²) in [5.74, 6) is -0.545. The van der Waals surface area contributed by atoms with Gasteiger partial charge in [0, 0.05) is 13.0 Å². The first-order valence-corrected chi connectivity index (χ1v) is 9.27. The molecule has 0 radical (unpaired) electrons. The van der Waals surface area contributed by atoms with Gasteiger partial charge in [0.15, 0.2) is 0 Å². The summed E-state index contributed by atoms with van der Waals surface area (Å²) in [7, 11) is -3.81. The highest BCUT2D eigenvalue weighted by Crippen LogP contribution is 2.30. The minimum atomic E-state index is -4.48. The lowest BCUT2D eigenvalue weighted by atomic mass is 10.0. The van der Waals surface area contributed by atoms with E-state index in [1.54, 1.807) is 24.3 Å². The molecule has 0 saturated heterocycles. The van der Waals surface area contributed by atoms with Crippen LogP contribution in [-0.2, 0) is 21.4 Å². The molecule has 1 aliphatic heterocycles. The van der Waals surface area contributed by atoms with E-state index in [1.807, 2.05) is 0 Å². The molecule has 0 aliphatic carbocycles. The number of sulfonamides is 1. The van der Waals surface area contributed by atoms with Crippen LogP contribution in [0.3, 0.4) is 0 Å². The summed E-state index contributed by atoms with van der Waals surface area (Å²) >= 11 is 0. The van der Waals surface area contributed by atoms with Crippen molar-refractivity contribution in [1.29, 1.82) is 0 Å². The maximum absolute atomic E-state index is 12.9. The number of nitrogens with one attached hydrogen (secondary N) is 1. The Bertz CT molecular complexity index is 940. The predicted molar refractivity (Wildman–Crippen MR) is 88.9 cm³/mol. The van der Waals surface area contributed by atoms with Gasteiger partial charge in [-0.05, 0) is 35.4 Å². The monoisotopic (exact) mass is 402 g/mol. The molecule has 1 N–H and O–H groups in total. The first kappa shape index (κ1) is 19.3. The zero-order chi connectivity index (χ0) is 19.7. The van der Waals surface area contributed by atoms with E-state index in [0.717, 1.165) is 24.3 Å². The number of benzene rings is 2. The Morgan fingerprint density at radius 1 is 1.07 bits per heavy atom. The van der Waals surface area contributed by atoms with Gasteiger partial charge in [0.2, 0.25) is 16.1 Å². The van der Waals surface area contributed by atoms with Crippen molar-refractivity contribution < 1.29 is 30.8 Å². The smallest absolute Gasteiger partial charge is 0.382 e. The molecule has 1 atom stereocenters. The summed E-state index contributed by atoms with van der Waals surface area (Å²) < 4.78 is 77.4. The van der Waals surface area contributed by atoms with Crippen LogP contribution in [0.5, 0.6) is 0 Å². The fourth-order valence-electron chi connectivity index (χ4n) is 2.41. The number of hydrogen-bond acceptors (Lipinski definition) is 4. The average molecular weight is 402 g/mol. The molecule has 1 unspecified atom stereocenters. The Kier molecular flexibility index (Phi) is 5.20. The van der Waals surface area contributed by atoms with Crippen LogP contribution in [0.15, 0.2) is 58.6 Å². The lowest BCUT2D eigenvalue weighted by molar-refractivity contribution is -0.212. The van der Waals surface area contributed by atoms with E-state index in [-0.39, 0.29) is 23.6 Å². The van der Waals surface area contributed by atoms with Crippen LogP contribution in [-0.4, -0.2) is 26.4 Å². The van der Waals surface area contributed by atoms with Crippen molar-refractivity contribution in [2.24, 2.45) is 5.16 Å². The zero-order valence-corrected chi connectivity index (χ0v) is 14.5. The lowest BCUT2D eigenvalue weighted by Crippen LogP contribution is -2.28.